The Morgan fingerprint density at radius 2 is 1.86 bits per heavy atom. The first kappa shape index (κ1) is 20.8. The highest BCUT2D eigenvalue weighted by Crippen LogP contribution is 2.38. The second-order valence-electron chi connectivity index (χ2n) is 6.71. The van der Waals surface area contributed by atoms with Crippen LogP contribution in [0.3, 0.4) is 0 Å². The molecule has 0 unspecified atom stereocenters. The van der Waals surface area contributed by atoms with Gasteiger partial charge in [0.25, 0.3) is 0 Å². The number of carbonyl (C=O) groups excluding carboxylic acids is 2. The van der Waals surface area contributed by atoms with E-state index in [-0.39, 0.29) is 12.3 Å². The summed E-state index contributed by atoms with van der Waals surface area (Å²) in [6.45, 7) is 1.97. The minimum absolute atomic E-state index is 0.233. The first-order chi connectivity index (χ1) is 14.0. The molecule has 152 valence electrons. The van der Waals surface area contributed by atoms with Crippen molar-refractivity contribution < 1.29 is 24.2 Å². The van der Waals surface area contributed by atoms with Gasteiger partial charge in [0.05, 0.1) is 12.2 Å². The quantitative estimate of drug-likeness (QED) is 0.301. The second kappa shape index (κ2) is 9.52. The number of aliphatic carboxylic acids is 1. The normalized spacial score (nSPS) is 13.9. The maximum absolute atomic E-state index is 12.6. The Morgan fingerprint density at radius 3 is 2.55 bits per heavy atom. The molecule has 1 aromatic heterocycles. The summed E-state index contributed by atoms with van der Waals surface area (Å²) in [6.07, 6.45) is 5.77. The number of carboxylic acids is 1. The summed E-state index contributed by atoms with van der Waals surface area (Å²) in [5.74, 6) is -2.16. The van der Waals surface area contributed by atoms with Gasteiger partial charge >= 0.3 is 11.9 Å². The van der Waals surface area contributed by atoms with Gasteiger partial charge in [-0.1, -0.05) is 36.8 Å². The molecule has 6 nitrogen and oxygen atoms in total. The molecular weight excluding hydrogens is 390 g/mol. The van der Waals surface area contributed by atoms with Gasteiger partial charge in [-0.05, 0) is 38.2 Å². The molecule has 0 spiro atoms. The van der Waals surface area contributed by atoms with Crippen molar-refractivity contribution in [2.75, 3.05) is 11.9 Å². The molecule has 0 aliphatic heterocycles. The summed E-state index contributed by atoms with van der Waals surface area (Å²) >= 11 is 1.37. The molecule has 0 atom stereocenters. The molecule has 1 aliphatic carbocycles. The van der Waals surface area contributed by atoms with Gasteiger partial charge < -0.3 is 15.2 Å². The summed E-state index contributed by atoms with van der Waals surface area (Å²) < 4.78 is 5.22. The minimum atomic E-state index is -1.27. The number of hydrogen-bond donors (Lipinski definition) is 2. The average molecular weight is 413 g/mol. The van der Waals surface area contributed by atoms with Gasteiger partial charge in [-0.3, -0.25) is 4.79 Å². The third-order valence-electron chi connectivity index (χ3n) is 4.71. The number of aryl methyl sites for hydroxylation is 1. The van der Waals surface area contributed by atoms with Gasteiger partial charge in [0, 0.05) is 16.5 Å². The van der Waals surface area contributed by atoms with Crippen LogP contribution in [-0.2, 0) is 22.4 Å². The molecule has 0 saturated carbocycles. The summed E-state index contributed by atoms with van der Waals surface area (Å²) in [4.78, 5) is 37.9. The fourth-order valence-corrected chi connectivity index (χ4v) is 4.63. The van der Waals surface area contributed by atoms with E-state index in [2.05, 4.69) is 5.32 Å². The minimum Gasteiger partial charge on any atom is -0.477 e. The molecule has 2 aromatic rings. The van der Waals surface area contributed by atoms with Gasteiger partial charge in [-0.2, -0.15) is 0 Å². The van der Waals surface area contributed by atoms with Crippen molar-refractivity contribution in [2.45, 2.75) is 39.0 Å². The number of esters is 1. The largest absolute Gasteiger partial charge is 0.477 e. The SMILES string of the molecule is CCOC(=O)c1c(NC(=CC(=O)c2ccccc2)C(=O)O)sc2c1CCCCC2. The third-order valence-corrected chi connectivity index (χ3v) is 5.92. The van der Waals surface area contributed by atoms with Crippen molar-refractivity contribution in [2.24, 2.45) is 0 Å². The van der Waals surface area contributed by atoms with Crippen LogP contribution < -0.4 is 5.32 Å². The molecule has 7 heteroatoms. The lowest BCUT2D eigenvalue weighted by Gasteiger charge is -2.10. The van der Waals surface area contributed by atoms with E-state index in [0.29, 0.717) is 16.1 Å². The number of benzene rings is 1. The van der Waals surface area contributed by atoms with E-state index in [0.717, 1.165) is 48.6 Å². The highest BCUT2D eigenvalue weighted by Gasteiger charge is 2.27. The van der Waals surface area contributed by atoms with Crippen LogP contribution in [0.5, 0.6) is 0 Å². The first-order valence-electron chi connectivity index (χ1n) is 9.64. The summed E-state index contributed by atoms with van der Waals surface area (Å²) in [7, 11) is 0. The Balaban J connectivity index is 1.97. The van der Waals surface area contributed by atoms with Crippen LogP contribution >= 0.6 is 11.3 Å². The zero-order valence-corrected chi connectivity index (χ0v) is 17.0. The zero-order valence-electron chi connectivity index (χ0n) is 16.2. The monoisotopic (exact) mass is 413 g/mol. The number of nitrogens with one attached hydrogen (secondary N) is 1. The number of thiophene rings is 1. The number of carboxylic acid groups (broad SMARTS) is 1. The van der Waals surface area contributed by atoms with Crippen molar-refractivity contribution in [3.05, 3.63) is 63.7 Å². The number of hydrogen-bond acceptors (Lipinski definition) is 6. The summed E-state index contributed by atoms with van der Waals surface area (Å²) in [5, 5.41) is 12.9. The van der Waals surface area contributed by atoms with E-state index in [1.54, 1.807) is 37.3 Å². The highest BCUT2D eigenvalue weighted by molar-refractivity contribution is 7.16. The van der Waals surface area contributed by atoms with Crippen LogP contribution in [0.25, 0.3) is 0 Å². The van der Waals surface area contributed by atoms with E-state index in [1.807, 2.05) is 0 Å². The molecule has 0 saturated heterocycles. The van der Waals surface area contributed by atoms with Crippen molar-refractivity contribution in [3.8, 4) is 0 Å². The number of carbonyl (C=O) groups is 3. The Kier molecular flexibility index (Phi) is 6.82. The summed E-state index contributed by atoms with van der Waals surface area (Å²) in [5.41, 5.74) is 1.45. The molecule has 0 radical (unpaired) electrons. The van der Waals surface area contributed by atoms with E-state index in [1.165, 1.54) is 11.3 Å². The topological polar surface area (TPSA) is 92.7 Å². The van der Waals surface area contributed by atoms with Gasteiger partial charge in [-0.15, -0.1) is 11.3 Å². The molecule has 0 fully saturated rings. The highest BCUT2D eigenvalue weighted by atomic mass is 32.1. The lowest BCUT2D eigenvalue weighted by atomic mass is 10.1. The molecule has 0 bridgehead atoms. The van der Waals surface area contributed by atoms with Crippen molar-refractivity contribution in [1.82, 2.24) is 0 Å². The maximum Gasteiger partial charge on any atom is 0.352 e. The first-order valence-corrected chi connectivity index (χ1v) is 10.5. The predicted molar refractivity (Wildman–Crippen MR) is 112 cm³/mol. The van der Waals surface area contributed by atoms with Crippen molar-refractivity contribution in [1.29, 1.82) is 0 Å². The molecular formula is C22H23NO5S. The van der Waals surface area contributed by atoms with Crippen LogP contribution in [0.4, 0.5) is 5.00 Å². The Bertz CT molecular complexity index is 946. The van der Waals surface area contributed by atoms with Crippen LogP contribution in [0.15, 0.2) is 42.1 Å². The lowest BCUT2D eigenvalue weighted by molar-refractivity contribution is -0.132. The molecule has 0 amide bonds. The van der Waals surface area contributed by atoms with E-state index in [4.69, 9.17) is 4.74 Å². The number of fused-ring (bicyclic) bond motifs is 1. The number of anilines is 1. The number of ketones is 1. The predicted octanol–water partition coefficient (Wildman–Crippen LogP) is 4.46. The Hall–Kier alpha value is -2.93. The molecule has 1 aromatic carbocycles. The van der Waals surface area contributed by atoms with E-state index < -0.39 is 17.7 Å². The van der Waals surface area contributed by atoms with E-state index >= 15 is 0 Å². The average Bonchev–Trinajstić information content (AvgIpc) is 2.88. The van der Waals surface area contributed by atoms with Gasteiger partial charge in [0.1, 0.15) is 10.7 Å². The van der Waals surface area contributed by atoms with Crippen molar-refractivity contribution in [3.63, 3.8) is 0 Å². The van der Waals surface area contributed by atoms with Gasteiger partial charge in [-0.25, -0.2) is 9.59 Å². The molecule has 1 heterocycles. The van der Waals surface area contributed by atoms with Crippen LogP contribution in [0.1, 0.15) is 57.3 Å². The van der Waals surface area contributed by atoms with Crippen LogP contribution in [0, 0.1) is 0 Å². The number of rotatable bonds is 7. The van der Waals surface area contributed by atoms with Gasteiger partial charge in [0.15, 0.2) is 5.78 Å². The number of ether oxygens (including phenoxy) is 1. The summed E-state index contributed by atoms with van der Waals surface area (Å²) in [6, 6.07) is 8.45. The van der Waals surface area contributed by atoms with Crippen molar-refractivity contribution >= 4 is 34.1 Å². The Morgan fingerprint density at radius 1 is 1.14 bits per heavy atom. The molecule has 2 N–H and O–H groups in total. The van der Waals surface area contributed by atoms with E-state index in [9.17, 15) is 19.5 Å². The van der Waals surface area contributed by atoms with Crippen LogP contribution in [-0.4, -0.2) is 29.4 Å². The standard InChI is InChI=1S/C22H23NO5S/c1-2-28-22(27)19-15-11-7-4-8-12-18(15)29-20(19)23-16(21(25)26)13-17(24)14-9-5-3-6-10-14/h3,5-6,9-10,13,23H,2,4,7-8,11-12H2,1H3,(H,25,26). The smallest absolute Gasteiger partial charge is 0.352 e. The molecule has 29 heavy (non-hydrogen) atoms. The maximum atomic E-state index is 12.6. The van der Waals surface area contributed by atoms with Crippen LogP contribution in [0.2, 0.25) is 0 Å². The fourth-order valence-electron chi connectivity index (χ4n) is 3.34. The molecule has 3 rings (SSSR count). The molecule has 1 aliphatic rings. The second-order valence-corrected chi connectivity index (χ2v) is 7.81. The third kappa shape index (κ3) is 4.92. The Labute approximate surface area is 173 Å². The van der Waals surface area contributed by atoms with Gasteiger partial charge in [0.2, 0.25) is 0 Å². The number of allylic oxidation sites excluding steroid dienone is 1. The lowest BCUT2D eigenvalue weighted by Crippen LogP contribution is -2.15. The fraction of sp³-hybridized carbons (Fsp3) is 0.318. The zero-order chi connectivity index (χ0) is 20.8.